The predicted molar refractivity (Wildman–Crippen MR) is 101 cm³/mol. The maximum absolute atomic E-state index is 11.8. The Balaban J connectivity index is 1.70. The largest absolute Gasteiger partial charge is 0.480 e. The highest BCUT2D eigenvalue weighted by Crippen LogP contribution is 2.58. The van der Waals surface area contributed by atoms with Crippen molar-refractivity contribution in [1.82, 2.24) is 4.90 Å². The number of rotatable bonds is 9. The molecule has 0 aliphatic carbocycles. The molecule has 3 fully saturated rings. The molecule has 0 radical (unpaired) electrons. The third-order valence-corrected chi connectivity index (χ3v) is 9.75. The zero-order chi connectivity index (χ0) is 18.1. The molecule has 2 atom stereocenters. The molecule has 3 saturated heterocycles. The Hall–Kier alpha value is -0.440. The van der Waals surface area contributed by atoms with Crippen LogP contribution in [0.25, 0.3) is 0 Å². The lowest BCUT2D eigenvalue weighted by Crippen LogP contribution is -2.57. The van der Waals surface area contributed by atoms with Gasteiger partial charge in [0.2, 0.25) is 0 Å². The van der Waals surface area contributed by atoms with E-state index in [4.69, 9.17) is 0 Å². The van der Waals surface area contributed by atoms with Crippen molar-refractivity contribution in [3.63, 3.8) is 0 Å². The number of thioether (sulfide) groups is 2. The fraction of sp³-hybridized carbons (Fsp3) is 0.882. The highest BCUT2D eigenvalue weighted by atomic mass is 32.2. The fourth-order valence-electron chi connectivity index (χ4n) is 4.71. The Labute approximate surface area is 157 Å². The first kappa shape index (κ1) is 19.3. The normalized spacial score (nSPS) is 31.9. The van der Waals surface area contributed by atoms with Crippen LogP contribution in [0.15, 0.2) is 0 Å². The number of nitrogens with zero attached hydrogens (tertiary/aromatic N) is 2. The van der Waals surface area contributed by atoms with E-state index in [1.54, 1.807) is 0 Å². The third kappa shape index (κ3) is 2.99. The van der Waals surface area contributed by atoms with Crippen LogP contribution < -0.4 is 0 Å². The van der Waals surface area contributed by atoms with Gasteiger partial charge in [-0.3, -0.25) is 14.1 Å². The molecular weight excluding hydrogens is 360 g/mol. The molecule has 0 bridgehead atoms. The number of aliphatic carboxylic acids is 2. The summed E-state index contributed by atoms with van der Waals surface area (Å²) in [6, 6.07) is 0. The molecule has 0 aromatic rings. The highest BCUT2D eigenvalue weighted by molar-refractivity contribution is 8.18. The van der Waals surface area contributed by atoms with Gasteiger partial charge in [0, 0.05) is 12.3 Å². The summed E-state index contributed by atoms with van der Waals surface area (Å²) >= 11 is 4.09. The molecule has 142 valence electrons. The van der Waals surface area contributed by atoms with Crippen molar-refractivity contribution >= 4 is 35.5 Å². The van der Waals surface area contributed by atoms with Gasteiger partial charge in [-0.15, -0.1) is 0 Å². The van der Waals surface area contributed by atoms with Crippen molar-refractivity contribution in [2.75, 3.05) is 44.2 Å². The van der Waals surface area contributed by atoms with Gasteiger partial charge in [-0.25, -0.2) is 4.90 Å². The average Bonchev–Trinajstić information content (AvgIpc) is 3.19. The van der Waals surface area contributed by atoms with E-state index in [1.807, 2.05) is 30.4 Å². The molecule has 25 heavy (non-hydrogen) atoms. The fourth-order valence-corrected chi connectivity index (χ4v) is 8.66. The first-order chi connectivity index (χ1) is 11.9. The minimum atomic E-state index is -1.61. The topological polar surface area (TPSA) is 77.8 Å². The Bertz CT molecular complexity index is 529. The van der Waals surface area contributed by atoms with Crippen LogP contribution in [0.4, 0.5) is 0 Å². The Morgan fingerprint density at radius 1 is 1.08 bits per heavy atom. The van der Waals surface area contributed by atoms with E-state index in [-0.39, 0.29) is 17.2 Å². The first-order valence-corrected chi connectivity index (χ1v) is 11.3. The first-order valence-electron chi connectivity index (χ1n) is 9.28. The van der Waals surface area contributed by atoms with Gasteiger partial charge in [0.1, 0.15) is 0 Å². The summed E-state index contributed by atoms with van der Waals surface area (Å²) in [4.78, 5) is 26.2. The van der Waals surface area contributed by atoms with Crippen molar-refractivity contribution in [2.45, 2.75) is 43.4 Å². The van der Waals surface area contributed by atoms with Gasteiger partial charge in [0.05, 0.1) is 31.9 Å². The van der Waals surface area contributed by atoms with Gasteiger partial charge in [-0.05, 0) is 19.3 Å². The third-order valence-electron chi connectivity index (χ3n) is 6.22. The molecule has 8 heteroatoms. The van der Waals surface area contributed by atoms with Crippen LogP contribution in [-0.4, -0.2) is 80.1 Å². The Morgan fingerprint density at radius 2 is 1.76 bits per heavy atom. The van der Waals surface area contributed by atoms with Crippen LogP contribution in [0.5, 0.6) is 0 Å². The predicted octanol–water partition coefficient (Wildman–Crippen LogP) is 2.35. The van der Waals surface area contributed by atoms with Gasteiger partial charge in [0.15, 0.2) is 5.41 Å². The molecule has 2 unspecified atom stereocenters. The standard InChI is InChI=1S/C17H28N2O4S2/c1-2-3-5-16(14(20)21,15(22)23)6-4-9-19-10-7-18-8-12-24-17(18,19)25-13-11-19/h2-13H2,1H3,(H-,20,21,22,23)/p+1. The number of carboxylic acids is 2. The Kier molecular flexibility index (Phi) is 5.63. The lowest BCUT2D eigenvalue weighted by molar-refractivity contribution is -0.932. The summed E-state index contributed by atoms with van der Waals surface area (Å²) in [5, 5.41) is 19.3. The van der Waals surface area contributed by atoms with E-state index in [9.17, 15) is 19.8 Å². The molecular formula is C17H29N2O4S2+. The van der Waals surface area contributed by atoms with Gasteiger partial charge < -0.3 is 10.2 Å². The van der Waals surface area contributed by atoms with Gasteiger partial charge >= 0.3 is 11.9 Å². The second-order valence-corrected chi connectivity index (χ2v) is 10.2. The van der Waals surface area contributed by atoms with E-state index in [2.05, 4.69) is 4.90 Å². The SMILES string of the molecule is CCCCC(CCC[N+]12CCSC13SCCN3CC2)(C(=O)O)C(=O)O. The number of hydrogen-bond donors (Lipinski definition) is 2. The summed E-state index contributed by atoms with van der Waals surface area (Å²) in [6.45, 7) is 7.35. The van der Waals surface area contributed by atoms with Crippen LogP contribution >= 0.6 is 23.5 Å². The summed E-state index contributed by atoms with van der Waals surface area (Å²) in [7, 11) is 0. The minimum Gasteiger partial charge on any atom is -0.480 e. The molecule has 0 aromatic heterocycles. The van der Waals surface area contributed by atoms with Crippen molar-refractivity contribution < 1.29 is 24.3 Å². The van der Waals surface area contributed by atoms with E-state index in [0.29, 0.717) is 12.8 Å². The molecule has 3 heterocycles. The second kappa shape index (κ2) is 7.29. The second-order valence-electron chi connectivity index (χ2n) is 7.45. The molecule has 1 spiro atoms. The summed E-state index contributed by atoms with van der Waals surface area (Å²) < 4.78 is 1.14. The van der Waals surface area contributed by atoms with E-state index >= 15 is 0 Å². The smallest absolute Gasteiger partial charge is 0.321 e. The van der Waals surface area contributed by atoms with Crippen LogP contribution in [-0.2, 0) is 9.59 Å². The van der Waals surface area contributed by atoms with Crippen molar-refractivity contribution in [3.8, 4) is 0 Å². The minimum absolute atomic E-state index is 0.124. The van der Waals surface area contributed by atoms with E-state index < -0.39 is 17.4 Å². The Morgan fingerprint density at radius 3 is 2.44 bits per heavy atom. The number of carboxylic acid groups (broad SMARTS) is 2. The number of carbonyl (C=O) groups is 2. The summed E-state index contributed by atoms with van der Waals surface area (Å²) in [6.07, 6.45) is 2.59. The number of quaternary nitrogens is 1. The average molecular weight is 390 g/mol. The number of hydrogen-bond acceptors (Lipinski definition) is 5. The van der Waals surface area contributed by atoms with Gasteiger partial charge in [-0.2, -0.15) is 0 Å². The monoisotopic (exact) mass is 389 g/mol. The maximum Gasteiger partial charge on any atom is 0.321 e. The number of unbranched alkanes of at least 4 members (excludes halogenated alkanes) is 1. The maximum atomic E-state index is 11.8. The highest BCUT2D eigenvalue weighted by Gasteiger charge is 2.66. The van der Waals surface area contributed by atoms with Crippen LogP contribution in [0.1, 0.15) is 39.0 Å². The zero-order valence-corrected chi connectivity index (χ0v) is 16.5. The summed E-state index contributed by atoms with van der Waals surface area (Å²) in [5.74, 6) is -0.0328. The van der Waals surface area contributed by atoms with E-state index in [0.717, 1.165) is 55.1 Å². The van der Waals surface area contributed by atoms with E-state index in [1.165, 1.54) is 0 Å². The van der Waals surface area contributed by atoms with Gasteiger partial charge in [0.25, 0.3) is 4.33 Å². The zero-order valence-electron chi connectivity index (χ0n) is 14.9. The quantitative estimate of drug-likeness (QED) is 0.463. The van der Waals surface area contributed by atoms with Gasteiger partial charge in [-0.1, -0.05) is 43.3 Å². The van der Waals surface area contributed by atoms with Crippen molar-refractivity contribution in [2.24, 2.45) is 5.41 Å². The molecule has 0 aromatic carbocycles. The summed E-state index contributed by atoms with van der Waals surface area (Å²) in [5.41, 5.74) is -1.61. The molecule has 0 amide bonds. The lowest BCUT2D eigenvalue weighted by atomic mass is 9.78. The molecule has 2 N–H and O–H groups in total. The molecule has 3 aliphatic heterocycles. The van der Waals surface area contributed by atoms with Crippen molar-refractivity contribution in [1.29, 1.82) is 0 Å². The molecule has 6 nitrogen and oxygen atoms in total. The van der Waals surface area contributed by atoms with Crippen molar-refractivity contribution in [3.05, 3.63) is 0 Å². The lowest BCUT2D eigenvalue weighted by Gasteiger charge is -2.42. The van der Waals surface area contributed by atoms with Crippen LogP contribution in [0.3, 0.4) is 0 Å². The molecule has 0 saturated carbocycles. The molecule has 3 aliphatic rings. The molecule has 3 rings (SSSR count). The van der Waals surface area contributed by atoms with Crippen LogP contribution in [0.2, 0.25) is 0 Å². The van der Waals surface area contributed by atoms with Crippen LogP contribution in [0, 0.1) is 5.41 Å².